The van der Waals surface area contributed by atoms with Gasteiger partial charge in [-0.2, -0.15) is 0 Å². The van der Waals surface area contributed by atoms with Crippen LogP contribution in [0.2, 0.25) is 0 Å². The van der Waals surface area contributed by atoms with Gasteiger partial charge in [0.05, 0.1) is 11.4 Å². The summed E-state index contributed by atoms with van der Waals surface area (Å²) in [5.74, 6) is 0.437. The van der Waals surface area contributed by atoms with Crippen LogP contribution in [0, 0.1) is 0 Å². The molecule has 5 nitrogen and oxygen atoms in total. The molecule has 26 heavy (non-hydrogen) atoms. The second kappa shape index (κ2) is 6.98. The van der Waals surface area contributed by atoms with Gasteiger partial charge in [-0.3, -0.25) is 15.3 Å². The van der Waals surface area contributed by atoms with Gasteiger partial charge in [-0.15, -0.1) is 0 Å². The summed E-state index contributed by atoms with van der Waals surface area (Å²) in [7, 11) is 0. The Balaban J connectivity index is 1.78. The molecule has 0 unspecified atom stereocenters. The van der Waals surface area contributed by atoms with E-state index in [2.05, 4.69) is 10.3 Å². The van der Waals surface area contributed by atoms with Crippen LogP contribution in [-0.4, -0.2) is 20.9 Å². The van der Waals surface area contributed by atoms with E-state index in [-0.39, 0.29) is 23.7 Å². The number of aliphatic imine (C=N–C) groups is 1. The second-order valence-corrected chi connectivity index (χ2v) is 6.23. The maximum Gasteiger partial charge on any atom is 0.143 e. The predicted molar refractivity (Wildman–Crippen MR) is 100 cm³/mol. The fraction of sp³-hybridized carbons (Fsp3) is 0.143. The van der Waals surface area contributed by atoms with E-state index in [9.17, 15) is 10.2 Å². The summed E-state index contributed by atoms with van der Waals surface area (Å²) in [6.07, 6.45) is 1.93. The maximum atomic E-state index is 10.3. The quantitative estimate of drug-likeness (QED) is 0.676. The topological polar surface area (TPSA) is 77.7 Å². The highest BCUT2D eigenvalue weighted by Gasteiger charge is 2.28. The zero-order valence-corrected chi connectivity index (χ0v) is 14.1. The number of rotatable bonds is 3. The van der Waals surface area contributed by atoms with E-state index in [0.29, 0.717) is 12.0 Å². The average molecular weight is 345 g/mol. The summed E-state index contributed by atoms with van der Waals surface area (Å²) >= 11 is 0. The summed E-state index contributed by atoms with van der Waals surface area (Å²) in [6, 6.07) is 20.0. The van der Waals surface area contributed by atoms with Crippen LogP contribution < -0.4 is 5.32 Å². The number of phenolic OH excluding ortho intramolecular Hbond substituents is 2. The van der Waals surface area contributed by atoms with Gasteiger partial charge in [-0.25, -0.2) is 0 Å². The maximum absolute atomic E-state index is 10.3. The normalized spacial score (nSPS) is 19.8. The second-order valence-electron chi connectivity index (χ2n) is 6.23. The number of nitrogens with one attached hydrogen (secondary N) is 1. The minimum absolute atomic E-state index is 0.143. The molecule has 1 aliphatic heterocycles. The Hall–Kier alpha value is -3.18. The third-order valence-electron chi connectivity index (χ3n) is 4.54. The first-order valence-corrected chi connectivity index (χ1v) is 8.52. The number of nitrogens with zero attached hydrogens (tertiary/aromatic N) is 2. The van der Waals surface area contributed by atoms with Crippen molar-refractivity contribution in [2.75, 3.05) is 0 Å². The predicted octanol–water partition coefficient (Wildman–Crippen LogP) is 3.72. The van der Waals surface area contributed by atoms with Crippen molar-refractivity contribution in [2.45, 2.75) is 18.6 Å². The molecular formula is C21H19N3O2. The van der Waals surface area contributed by atoms with Crippen LogP contribution in [0.3, 0.4) is 0 Å². The summed E-state index contributed by atoms with van der Waals surface area (Å²) < 4.78 is 0. The van der Waals surface area contributed by atoms with E-state index in [1.54, 1.807) is 30.5 Å². The molecule has 3 aromatic rings. The van der Waals surface area contributed by atoms with Gasteiger partial charge < -0.3 is 10.2 Å². The Labute approximate surface area is 151 Å². The fourth-order valence-corrected chi connectivity index (χ4v) is 3.26. The Bertz CT molecular complexity index is 941. The average Bonchev–Trinajstić information content (AvgIpc) is 2.69. The highest BCUT2D eigenvalue weighted by molar-refractivity contribution is 6.03. The first-order chi connectivity index (χ1) is 12.7. The minimum Gasteiger partial charge on any atom is -0.508 e. The van der Waals surface area contributed by atoms with Crippen LogP contribution in [0.5, 0.6) is 11.5 Å². The Morgan fingerprint density at radius 1 is 0.846 bits per heavy atom. The van der Waals surface area contributed by atoms with Gasteiger partial charge in [0.15, 0.2) is 0 Å². The Morgan fingerprint density at radius 2 is 1.58 bits per heavy atom. The van der Waals surface area contributed by atoms with Crippen molar-refractivity contribution in [3.8, 4) is 11.5 Å². The van der Waals surface area contributed by atoms with E-state index in [1.807, 2.05) is 42.5 Å². The van der Waals surface area contributed by atoms with E-state index in [4.69, 9.17) is 4.99 Å². The zero-order valence-electron chi connectivity index (χ0n) is 14.1. The van der Waals surface area contributed by atoms with Gasteiger partial charge in [0, 0.05) is 29.8 Å². The number of aromatic hydroxyl groups is 2. The SMILES string of the molecule is Oc1ccccc1C1=N[C@@H](c2ccccn2)N[C@H](c2ccccc2O)C1. The van der Waals surface area contributed by atoms with Crippen molar-refractivity contribution in [2.24, 2.45) is 4.99 Å². The smallest absolute Gasteiger partial charge is 0.143 e. The van der Waals surface area contributed by atoms with Gasteiger partial charge in [-0.05, 0) is 30.3 Å². The van der Waals surface area contributed by atoms with Crippen LogP contribution in [0.25, 0.3) is 0 Å². The molecule has 1 aliphatic rings. The number of pyridine rings is 1. The molecule has 2 atom stereocenters. The third kappa shape index (κ3) is 3.17. The molecule has 0 radical (unpaired) electrons. The fourth-order valence-electron chi connectivity index (χ4n) is 3.26. The van der Waals surface area contributed by atoms with E-state index in [0.717, 1.165) is 17.0 Å². The van der Waals surface area contributed by atoms with Gasteiger partial charge in [0.2, 0.25) is 0 Å². The molecule has 0 amide bonds. The summed E-state index contributed by atoms with van der Waals surface area (Å²) in [4.78, 5) is 9.20. The molecule has 0 bridgehead atoms. The molecule has 0 saturated carbocycles. The van der Waals surface area contributed by atoms with Gasteiger partial charge in [0.25, 0.3) is 0 Å². The highest BCUT2D eigenvalue weighted by atomic mass is 16.3. The molecule has 2 heterocycles. The molecule has 0 spiro atoms. The molecule has 0 fully saturated rings. The lowest BCUT2D eigenvalue weighted by molar-refractivity contribution is 0.408. The van der Waals surface area contributed by atoms with Crippen LogP contribution in [-0.2, 0) is 0 Å². The summed E-state index contributed by atoms with van der Waals surface area (Å²) in [5.41, 5.74) is 3.08. The van der Waals surface area contributed by atoms with E-state index in [1.165, 1.54) is 0 Å². The number of hydrogen-bond acceptors (Lipinski definition) is 5. The van der Waals surface area contributed by atoms with Crippen molar-refractivity contribution in [3.05, 3.63) is 89.7 Å². The molecule has 2 aromatic carbocycles. The highest BCUT2D eigenvalue weighted by Crippen LogP contribution is 2.35. The summed E-state index contributed by atoms with van der Waals surface area (Å²) in [5, 5.41) is 24.0. The molecule has 1 aromatic heterocycles. The molecule has 5 heteroatoms. The largest absolute Gasteiger partial charge is 0.508 e. The number of phenols is 2. The van der Waals surface area contributed by atoms with Crippen molar-refractivity contribution in [3.63, 3.8) is 0 Å². The molecular weight excluding hydrogens is 326 g/mol. The lowest BCUT2D eigenvalue weighted by atomic mass is 9.93. The van der Waals surface area contributed by atoms with Crippen molar-refractivity contribution < 1.29 is 10.2 Å². The number of para-hydroxylation sites is 2. The lowest BCUT2D eigenvalue weighted by Gasteiger charge is -2.30. The Kier molecular flexibility index (Phi) is 4.37. The minimum atomic E-state index is -0.357. The zero-order chi connectivity index (χ0) is 17.9. The van der Waals surface area contributed by atoms with Gasteiger partial charge >= 0.3 is 0 Å². The van der Waals surface area contributed by atoms with Gasteiger partial charge in [-0.1, -0.05) is 36.4 Å². The van der Waals surface area contributed by atoms with Crippen LogP contribution in [0.1, 0.15) is 35.4 Å². The number of hydrogen-bond donors (Lipinski definition) is 3. The van der Waals surface area contributed by atoms with E-state index < -0.39 is 0 Å². The molecule has 0 saturated heterocycles. The third-order valence-corrected chi connectivity index (χ3v) is 4.54. The van der Waals surface area contributed by atoms with Crippen molar-refractivity contribution in [1.29, 1.82) is 0 Å². The monoisotopic (exact) mass is 345 g/mol. The molecule has 3 N–H and O–H groups in total. The van der Waals surface area contributed by atoms with Crippen molar-refractivity contribution >= 4 is 5.71 Å². The lowest BCUT2D eigenvalue weighted by Crippen LogP contribution is -2.33. The molecule has 0 aliphatic carbocycles. The number of aromatic nitrogens is 1. The first-order valence-electron chi connectivity index (χ1n) is 8.52. The summed E-state index contributed by atoms with van der Waals surface area (Å²) in [6.45, 7) is 0. The number of benzene rings is 2. The van der Waals surface area contributed by atoms with Gasteiger partial charge in [0.1, 0.15) is 17.7 Å². The Morgan fingerprint density at radius 3 is 2.31 bits per heavy atom. The van der Waals surface area contributed by atoms with Crippen LogP contribution >= 0.6 is 0 Å². The van der Waals surface area contributed by atoms with Crippen LogP contribution in [0.15, 0.2) is 77.9 Å². The molecule has 4 rings (SSSR count). The molecule has 130 valence electrons. The first kappa shape index (κ1) is 16.3. The van der Waals surface area contributed by atoms with E-state index >= 15 is 0 Å². The van der Waals surface area contributed by atoms with Crippen LogP contribution in [0.4, 0.5) is 0 Å². The standard InChI is InChI=1S/C21H19N3O2/c25-19-10-3-1-7-14(19)17-13-18(15-8-2-4-11-20(15)26)24-21(23-17)16-9-5-6-12-22-16/h1-12,17,21,23,25-26H,13H2/t17-,21-/m0/s1. The van der Waals surface area contributed by atoms with Crippen molar-refractivity contribution in [1.82, 2.24) is 10.3 Å².